The van der Waals surface area contributed by atoms with Crippen molar-refractivity contribution in [1.29, 1.82) is 0 Å². The minimum atomic E-state index is -0.993. The average molecular weight is 330 g/mol. The average Bonchev–Trinajstić information content (AvgIpc) is 2.41. The van der Waals surface area contributed by atoms with Crippen molar-refractivity contribution in [1.82, 2.24) is 0 Å². The van der Waals surface area contributed by atoms with Gasteiger partial charge in [0.1, 0.15) is 6.61 Å². The molecule has 0 aromatic rings. The summed E-state index contributed by atoms with van der Waals surface area (Å²) in [5, 5.41) is 0. The van der Waals surface area contributed by atoms with Crippen LogP contribution in [-0.4, -0.2) is 43.0 Å². The Labute approximate surface area is 136 Å². The number of carbonyl (C=O) groups excluding carboxylic acids is 4. The summed E-state index contributed by atoms with van der Waals surface area (Å²) >= 11 is 0. The molecule has 0 bridgehead atoms. The predicted octanol–water partition coefficient (Wildman–Crippen LogP) is 1.81. The summed E-state index contributed by atoms with van der Waals surface area (Å²) in [5.74, 6) is -1.65. The fourth-order valence-corrected chi connectivity index (χ4v) is 1.94. The van der Waals surface area contributed by atoms with Crippen molar-refractivity contribution in [3.05, 3.63) is 0 Å². The van der Waals surface area contributed by atoms with Gasteiger partial charge in [-0.1, -0.05) is 13.8 Å². The van der Waals surface area contributed by atoms with Gasteiger partial charge in [0, 0.05) is 32.6 Å². The molecule has 0 amide bonds. The Hall–Kier alpha value is -1.92. The van der Waals surface area contributed by atoms with Crippen molar-refractivity contribution in [3.63, 3.8) is 0 Å². The first-order chi connectivity index (χ1) is 10.6. The Bertz CT molecular complexity index is 440. The molecule has 0 radical (unpaired) electrons. The Kier molecular flexibility index (Phi) is 9.14. The van der Waals surface area contributed by atoms with Gasteiger partial charge in [-0.15, -0.1) is 0 Å². The normalized spacial score (nSPS) is 12.2. The molecule has 0 aliphatic heterocycles. The fraction of sp³-hybridized carbons (Fsp3) is 0.750. The van der Waals surface area contributed by atoms with Gasteiger partial charge in [-0.05, 0) is 12.8 Å². The van der Waals surface area contributed by atoms with Crippen LogP contribution in [0, 0.1) is 5.41 Å². The molecule has 7 heteroatoms. The van der Waals surface area contributed by atoms with E-state index in [1.807, 2.05) is 0 Å². The first kappa shape index (κ1) is 21.1. The van der Waals surface area contributed by atoms with Crippen molar-refractivity contribution >= 4 is 23.7 Å². The molecule has 7 nitrogen and oxygen atoms in total. The van der Waals surface area contributed by atoms with Gasteiger partial charge in [0.05, 0.1) is 6.61 Å². The number of rotatable bonds is 10. The lowest BCUT2D eigenvalue weighted by Crippen LogP contribution is -2.43. The summed E-state index contributed by atoms with van der Waals surface area (Å²) in [7, 11) is 0. The Balaban J connectivity index is 4.62. The highest BCUT2D eigenvalue weighted by Gasteiger charge is 2.38. The Morgan fingerprint density at radius 3 is 1.91 bits per heavy atom. The summed E-state index contributed by atoms with van der Waals surface area (Å²) < 4.78 is 14.9. The highest BCUT2D eigenvalue weighted by Crippen LogP contribution is 2.26. The first-order valence-electron chi connectivity index (χ1n) is 7.53. The van der Waals surface area contributed by atoms with Crippen LogP contribution in [0.2, 0.25) is 0 Å². The van der Waals surface area contributed by atoms with Crippen LogP contribution in [0.15, 0.2) is 0 Å². The summed E-state index contributed by atoms with van der Waals surface area (Å²) in [5.41, 5.74) is -0.829. The summed E-state index contributed by atoms with van der Waals surface area (Å²) in [6.45, 7) is 7.42. The van der Waals surface area contributed by atoms with E-state index in [0.717, 1.165) is 0 Å². The SMILES string of the molecule is CC(=O)OCCCCC(=O)[C@H](OC(C)=O)C(C)(C)COC(C)=O. The molecule has 0 unspecified atom stereocenters. The number of ketones is 1. The molecule has 0 aliphatic rings. The standard InChI is InChI=1S/C16H26O7/c1-11(17)21-9-7-6-8-14(20)15(23-13(3)19)16(4,5)10-22-12(2)18/h15H,6-10H2,1-5H3/t15-/m0/s1. The fourth-order valence-electron chi connectivity index (χ4n) is 1.94. The molecule has 0 rings (SSSR count). The number of hydrogen-bond donors (Lipinski definition) is 0. The smallest absolute Gasteiger partial charge is 0.303 e. The van der Waals surface area contributed by atoms with Gasteiger partial charge in [0.2, 0.25) is 0 Å². The maximum absolute atomic E-state index is 12.3. The van der Waals surface area contributed by atoms with Crippen LogP contribution in [-0.2, 0) is 33.4 Å². The van der Waals surface area contributed by atoms with E-state index in [9.17, 15) is 19.2 Å². The lowest BCUT2D eigenvalue weighted by molar-refractivity contribution is -0.165. The molecule has 0 fully saturated rings. The van der Waals surface area contributed by atoms with Crippen LogP contribution in [0.5, 0.6) is 0 Å². The maximum atomic E-state index is 12.3. The van der Waals surface area contributed by atoms with Crippen molar-refractivity contribution in [3.8, 4) is 0 Å². The van der Waals surface area contributed by atoms with Gasteiger partial charge in [-0.3, -0.25) is 19.2 Å². The molecule has 0 heterocycles. The number of Topliss-reactive ketones (excluding diaryl/α,β-unsaturated/α-hetero) is 1. The summed E-state index contributed by atoms with van der Waals surface area (Å²) in [6.07, 6.45) is 0.242. The number of unbranched alkanes of at least 4 members (excludes halogenated alkanes) is 1. The van der Waals surface area contributed by atoms with Gasteiger partial charge in [-0.2, -0.15) is 0 Å². The Morgan fingerprint density at radius 2 is 1.43 bits per heavy atom. The van der Waals surface area contributed by atoms with Crippen LogP contribution in [0.3, 0.4) is 0 Å². The van der Waals surface area contributed by atoms with Crippen LogP contribution in [0.1, 0.15) is 53.9 Å². The summed E-state index contributed by atoms with van der Waals surface area (Å²) in [4.78, 5) is 45.2. The van der Waals surface area contributed by atoms with Crippen molar-refractivity contribution < 1.29 is 33.4 Å². The van der Waals surface area contributed by atoms with Crippen LogP contribution in [0.25, 0.3) is 0 Å². The zero-order valence-corrected chi connectivity index (χ0v) is 14.5. The van der Waals surface area contributed by atoms with Gasteiger partial charge in [0.25, 0.3) is 0 Å². The van der Waals surface area contributed by atoms with E-state index in [2.05, 4.69) is 0 Å². The van der Waals surface area contributed by atoms with E-state index in [1.54, 1.807) is 13.8 Å². The second kappa shape index (κ2) is 9.97. The van der Waals surface area contributed by atoms with E-state index >= 15 is 0 Å². The van der Waals surface area contributed by atoms with E-state index in [0.29, 0.717) is 12.8 Å². The second-order valence-electron chi connectivity index (χ2n) is 6.02. The van der Waals surface area contributed by atoms with E-state index < -0.39 is 23.5 Å². The lowest BCUT2D eigenvalue weighted by Gasteiger charge is -2.31. The highest BCUT2D eigenvalue weighted by molar-refractivity contribution is 5.86. The molecule has 1 atom stereocenters. The van der Waals surface area contributed by atoms with Crippen LogP contribution in [0.4, 0.5) is 0 Å². The van der Waals surface area contributed by atoms with E-state index in [1.165, 1.54) is 20.8 Å². The highest BCUT2D eigenvalue weighted by atomic mass is 16.6. The van der Waals surface area contributed by atoms with Gasteiger partial charge >= 0.3 is 17.9 Å². The number of hydrogen-bond acceptors (Lipinski definition) is 7. The molecule has 0 N–H and O–H groups in total. The summed E-state index contributed by atoms with van der Waals surface area (Å²) in [6, 6.07) is 0. The van der Waals surface area contributed by atoms with Crippen LogP contribution < -0.4 is 0 Å². The first-order valence-corrected chi connectivity index (χ1v) is 7.53. The monoisotopic (exact) mass is 330 g/mol. The van der Waals surface area contributed by atoms with Gasteiger partial charge < -0.3 is 14.2 Å². The molecular weight excluding hydrogens is 304 g/mol. The van der Waals surface area contributed by atoms with E-state index in [-0.39, 0.29) is 31.4 Å². The molecule has 0 saturated carbocycles. The minimum absolute atomic E-state index is 0.0283. The second-order valence-corrected chi connectivity index (χ2v) is 6.02. The van der Waals surface area contributed by atoms with Crippen molar-refractivity contribution in [2.45, 2.75) is 60.0 Å². The minimum Gasteiger partial charge on any atom is -0.466 e. The molecule has 0 aromatic heterocycles. The topological polar surface area (TPSA) is 96.0 Å². The van der Waals surface area contributed by atoms with E-state index in [4.69, 9.17) is 14.2 Å². The third kappa shape index (κ3) is 9.65. The molecule has 0 saturated heterocycles. The van der Waals surface area contributed by atoms with Crippen LogP contribution >= 0.6 is 0 Å². The zero-order valence-electron chi connectivity index (χ0n) is 14.5. The third-order valence-electron chi connectivity index (χ3n) is 3.06. The predicted molar refractivity (Wildman–Crippen MR) is 81.5 cm³/mol. The number of ether oxygens (including phenoxy) is 3. The van der Waals surface area contributed by atoms with Gasteiger partial charge in [0.15, 0.2) is 11.9 Å². The molecule has 0 aromatic carbocycles. The maximum Gasteiger partial charge on any atom is 0.303 e. The molecular formula is C16H26O7. The number of carbonyl (C=O) groups is 4. The van der Waals surface area contributed by atoms with Crippen molar-refractivity contribution in [2.75, 3.05) is 13.2 Å². The third-order valence-corrected chi connectivity index (χ3v) is 3.06. The quantitative estimate of drug-likeness (QED) is 0.342. The largest absolute Gasteiger partial charge is 0.466 e. The molecule has 0 aliphatic carbocycles. The molecule has 0 spiro atoms. The van der Waals surface area contributed by atoms with Gasteiger partial charge in [-0.25, -0.2) is 0 Å². The molecule has 23 heavy (non-hydrogen) atoms. The zero-order chi connectivity index (χ0) is 18.0. The van der Waals surface area contributed by atoms with Crippen molar-refractivity contribution in [2.24, 2.45) is 5.41 Å². The number of esters is 3. The lowest BCUT2D eigenvalue weighted by atomic mass is 9.83. The Morgan fingerprint density at radius 1 is 0.870 bits per heavy atom. The molecule has 132 valence electrons.